The highest BCUT2D eigenvalue weighted by Crippen LogP contribution is 2.14. The van der Waals surface area contributed by atoms with Crippen LogP contribution in [0.1, 0.15) is 24.2 Å². The number of halogens is 1. The molecule has 0 aliphatic rings. The predicted octanol–water partition coefficient (Wildman–Crippen LogP) is 2.52. The molecule has 3 nitrogen and oxygen atoms in total. The van der Waals surface area contributed by atoms with E-state index in [1.807, 2.05) is 13.8 Å². The van der Waals surface area contributed by atoms with Gasteiger partial charge in [-0.25, -0.2) is 9.74 Å². The minimum absolute atomic E-state index is 0.0639. The Morgan fingerprint density at radius 2 is 1.86 bits per heavy atom. The molecule has 14 heavy (non-hydrogen) atoms. The number of hydrogen-bond donors (Lipinski definition) is 0. The van der Waals surface area contributed by atoms with Crippen LogP contribution in [-0.2, 0) is 4.94 Å². The second-order valence-electron chi connectivity index (χ2n) is 3.06. The van der Waals surface area contributed by atoms with Gasteiger partial charge in [-0.05, 0) is 38.1 Å². The lowest BCUT2D eigenvalue weighted by molar-refractivity contribution is -0.0788. The van der Waals surface area contributed by atoms with Gasteiger partial charge in [0.15, 0.2) is 0 Å². The van der Waals surface area contributed by atoms with Crippen molar-refractivity contribution in [3.05, 3.63) is 29.8 Å². The third kappa shape index (κ3) is 2.73. The van der Waals surface area contributed by atoms with Crippen molar-refractivity contribution in [1.82, 2.24) is 0 Å². The van der Waals surface area contributed by atoms with Gasteiger partial charge in [0.1, 0.15) is 5.75 Å². The Balaban J connectivity index is 2.73. The molecule has 0 saturated heterocycles. The van der Waals surface area contributed by atoms with Crippen molar-refractivity contribution in [3.8, 4) is 5.75 Å². The Labute approximate surface area is 81.3 Å². The van der Waals surface area contributed by atoms with Crippen molar-refractivity contribution in [3.63, 3.8) is 0 Å². The summed E-state index contributed by atoms with van der Waals surface area (Å²) in [6, 6.07) is 6.07. The lowest BCUT2D eigenvalue weighted by atomic mass is 10.2. The van der Waals surface area contributed by atoms with Crippen LogP contribution < -0.4 is 4.74 Å². The Morgan fingerprint density at radius 3 is 2.29 bits per heavy atom. The van der Waals surface area contributed by atoms with E-state index in [-0.39, 0.29) is 11.7 Å². The third-order valence-electron chi connectivity index (χ3n) is 1.53. The zero-order valence-corrected chi connectivity index (χ0v) is 7.99. The van der Waals surface area contributed by atoms with Crippen molar-refractivity contribution in [2.45, 2.75) is 20.0 Å². The second-order valence-corrected chi connectivity index (χ2v) is 3.06. The van der Waals surface area contributed by atoms with E-state index in [2.05, 4.69) is 4.94 Å². The Kier molecular flexibility index (Phi) is 3.45. The fraction of sp³-hybridized carbons (Fsp3) is 0.300. The van der Waals surface area contributed by atoms with Gasteiger partial charge >= 0.3 is 5.97 Å². The number of carbonyl (C=O) groups excluding carboxylic acids is 1. The maximum atomic E-state index is 11.5. The zero-order chi connectivity index (χ0) is 10.6. The van der Waals surface area contributed by atoms with Crippen LogP contribution >= 0.6 is 0 Å². The molecular weight excluding hydrogens is 187 g/mol. The smallest absolute Gasteiger partial charge is 0.379 e. The molecule has 0 radical (unpaired) electrons. The van der Waals surface area contributed by atoms with Crippen molar-refractivity contribution < 1.29 is 19.0 Å². The average molecular weight is 198 g/mol. The van der Waals surface area contributed by atoms with Gasteiger partial charge in [-0.3, -0.25) is 0 Å². The third-order valence-corrected chi connectivity index (χ3v) is 1.53. The summed E-state index contributed by atoms with van der Waals surface area (Å²) in [6.07, 6.45) is 0.0639. The van der Waals surface area contributed by atoms with Gasteiger partial charge < -0.3 is 4.74 Å². The summed E-state index contributed by atoms with van der Waals surface area (Å²) < 4.78 is 16.8. The molecule has 76 valence electrons. The topological polar surface area (TPSA) is 35.5 Å². The van der Waals surface area contributed by atoms with Crippen molar-refractivity contribution >= 4 is 5.97 Å². The second kappa shape index (κ2) is 4.60. The molecule has 1 aromatic carbocycles. The highest BCUT2D eigenvalue weighted by Gasteiger charge is 2.07. The number of hydrogen-bond acceptors (Lipinski definition) is 3. The van der Waals surface area contributed by atoms with Gasteiger partial charge in [-0.1, -0.05) is 0 Å². The number of ether oxygens (including phenoxy) is 1. The number of carbonyl (C=O) groups is 1. The van der Waals surface area contributed by atoms with E-state index < -0.39 is 5.97 Å². The number of rotatable bonds is 3. The van der Waals surface area contributed by atoms with E-state index in [0.29, 0.717) is 5.75 Å². The van der Waals surface area contributed by atoms with Crippen LogP contribution in [0, 0.1) is 0 Å². The van der Waals surface area contributed by atoms with Crippen molar-refractivity contribution in [1.29, 1.82) is 0 Å². The van der Waals surface area contributed by atoms with Crippen molar-refractivity contribution in [2.24, 2.45) is 0 Å². The molecule has 0 aromatic heterocycles. The van der Waals surface area contributed by atoms with E-state index in [1.54, 1.807) is 12.1 Å². The van der Waals surface area contributed by atoms with Crippen LogP contribution in [0.4, 0.5) is 4.53 Å². The average Bonchev–Trinajstić information content (AvgIpc) is 2.17. The van der Waals surface area contributed by atoms with Crippen LogP contribution in [0.3, 0.4) is 0 Å². The van der Waals surface area contributed by atoms with Gasteiger partial charge in [0.05, 0.1) is 11.7 Å². The largest absolute Gasteiger partial charge is 0.491 e. The van der Waals surface area contributed by atoms with Gasteiger partial charge in [-0.2, -0.15) is 0 Å². The summed E-state index contributed by atoms with van der Waals surface area (Å²) in [6.45, 7) is 3.79. The summed E-state index contributed by atoms with van der Waals surface area (Å²) >= 11 is 0. The molecule has 0 heterocycles. The molecule has 0 aliphatic heterocycles. The zero-order valence-electron chi connectivity index (χ0n) is 7.99. The van der Waals surface area contributed by atoms with E-state index in [4.69, 9.17) is 4.74 Å². The fourth-order valence-corrected chi connectivity index (χ4v) is 0.986. The SMILES string of the molecule is CC(C)Oc1ccc(C(=O)OF)cc1. The molecule has 0 spiro atoms. The molecule has 0 N–H and O–H groups in total. The molecule has 0 bridgehead atoms. The first kappa shape index (κ1) is 10.5. The summed E-state index contributed by atoms with van der Waals surface area (Å²) in [5, 5.41) is 0. The van der Waals surface area contributed by atoms with E-state index in [9.17, 15) is 9.32 Å². The molecule has 0 atom stereocenters. The molecule has 0 saturated carbocycles. The van der Waals surface area contributed by atoms with Gasteiger partial charge in [0.2, 0.25) is 0 Å². The minimum atomic E-state index is -0.999. The van der Waals surface area contributed by atoms with Crippen LogP contribution in [0.5, 0.6) is 5.75 Å². The normalized spacial score (nSPS) is 10.0. The van der Waals surface area contributed by atoms with E-state index >= 15 is 0 Å². The summed E-state index contributed by atoms with van der Waals surface area (Å²) in [4.78, 5) is 13.8. The first-order valence-corrected chi connectivity index (χ1v) is 4.23. The molecule has 0 aliphatic carbocycles. The van der Waals surface area contributed by atoms with E-state index in [1.165, 1.54) is 12.1 Å². The highest BCUT2D eigenvalue weighted by atomic mass is 19.3. The maximum Gasteiger partial charge on any atom is 0.379 e. The highest BCUT2D eigenvalue weighted by molar-refractivity contribution is 5.88. The van der Waals surface area contributed by atoms with Gasteiger partial charge in [0, 0.05) is 4.53 Å². The van der Waals surface area contributed by atoms with Crippen LogP contribution in [-0.4, -0.2) is 12.1 Å². The predicted molar refractivity (Wildman–Crippen MR) is 48.7 cm³/mol. The van der Waals surface area contributed by atoms with Gasteiger partial charge in [-0.15, -0.1) is 0 Å². The summed E-state index contributed by atoms with van der Waals surface area (Å²) in [5.74, 6) is -0.364. The minimum Gasteiger partial charge on any atom is -0.491 e. The monoisotopic (exact) mass is 198 g/mol. The van der Waals surface area contributed by atoms with Crippen LogP contribution in [0.15, 0.2) is 24.3 Å². The van der Waals surface area contributed by atoms with Crippen molar-refractivity contribution in [2.75, 3.05) is 0 Å². The first-order valence-electron chi connectivity index (χ1n) is 4.23. The molecule has 1 aromatic rings. The lowest BCUT2D eigenvalue weighted by Gasteiger charge is -2.08. The molecule has 0 amide bonds. The number of benzene rings is 1. The van der Waals surface area contributed by atoms with Crippen LogP contribution in [0.25, 0.3) is 0 Å². The maximum absolute atomic E-state index is 11.5. The fourth-order valence-electron chi connectivity index (χ4n) is 0.986. The molecule has 4 heteroatoms. The Hall–Kier alpha value is -1.58. The standard InChI is InChI=1S/C10H11FO3/c1-7(2)13-9-5-3-8(4-6-9)10(12)14-11/h3-7H,1-2H3. The van der Waals surface area contributed by atoms with Crippen LogP contribution in [0.2, 0.25) is 0 Å². The Bertz CT molecular complexity index is 306. The molecule has 0 unspecified atom stereocenters. The molecular formula is C10H11FO3. The molecule has 0 fully saturated rings. The van der Waals surface area contributed by atoms with Gasteiger partial charge in [0.25, 0.3) is 0 Å². The quantitative estimate of drug-likeness (QED) is 0.748. The lowest BCUT2D eigenvalue weighted by Crippen LogP contribution is -2.05. The summed E-state index contributed by atoms with van der Waals surface area (Å²) in [5.41, 5.74) is 0.156. The summed E-state index contributed by atoms with van der Waals surface area (Å²) in [7, 11) is 0. The Morgan fingerprint density at radius 1 is 1.29 bits per heavy atom. The first-order chi connectivity index (χ1) is 6.63. The molecule has 1 rings (SSSR count). The van der Waals surface area contributed by atoms with E-state index in [0.717, 1.165) is 0 Å².